The average Bonchev–Trinajstić information content (AvgIpc) is 2.64. The second-order valence-electron chi connectivity index (χ2n) is 6.05. The third kappa shape index (κ3) is 3.91. The van der Waals surface area contributed by atoms with E-state index in [0.717, 1.165) is 16.5 Å². The zero-order chi connectivity index (χ0) is 19.6. The van der Waals surface area contributed by atoms with E-state index >= 15 is 0 Å². The molecule has 0 aliphatic heterocycles. The fraction of sp³-hybridized carbons (Fsp3) is 0.158. The number of nitrogens with zero attached hydrogens (tertiary/aromatic N) is 3. The van der Waals surface area contributed by atoms with Gasteiger partial charge in [0.25, 0.3) is 10.1 Å². The van der Waals surface area contributed by atoms with Crippen molar-refractivity contribution in [2.45, 2.75) is 4.90 Å². The molecule has 0 saturated heterocycles. The minimum absolute atomic E-state index is 0.197. The largest absolute Gasteiger partial charge is 0.494 e. The normalized spacial score (nSPS) is 11.9. The zero-order valence-corrected chi connectivity index (χ0v) is 15.9. The fourth-order valence-electron chi connectivity index (χ4n) is 2.75. The van der Waals surface area contributed by atoms with E-state index in [-0.39, 0.29) is 10.6 Å². The Kier molecular flexibility index (Phi) is 5.11. The van der Waals surface area contributed by atoms with Crippen molar-refractivity contribution in [1.29, 1.82) is 0 Å². The van der Waals surface area contributed by atoms with Crippen molar-refractivity contribution in [1.82, 2.24) is 0 Å². The van der Waals surface area contributed by atoms with E-state index in [2.05, 4.69) is 10.2 Å². The predicted molar refractivity (Wildman–Crippen MR) is 105 cm³/mol. The molecule has 0 fully saturated rings. The minimum atomic E-state index is -4.32. The summed E-state index contributed by atoms with van der Waals surface area (Å²) in [5, 5.41) is 10.5. The van der Waals surface area contributed by atoms with E-state index in [0.29, 0.717) is 11.4 Å². The lowest BCUT2D eigenvalue weighted by molar-refractivity contribution is 0.413. The molecule has 0 bridgehead atoms. The summed E-state index contributed by atoms with van der Waals surface area (Å²) in [5.74, 6) is 0.197. The third-order valence-corrected chi connectivity index (χ3v) is 4.92. The van der Waals surface area contributed by atoms with Gasteiger partial charge in [0.05, 0.1) is 17.7 Å². The molecule has 3 aromatic carbocycles. The van der Waals surface area contributed by atoms with Crippen LogP contribution in [0.2, 0.25) is 0 Å². The van der Waals surface area contributed by atoms with Gasteiger partial charge in [-0.3, -0.25) is 4.55 Å². The molecule has 0 unspecified atom stereocenters. The maximum atomic E-state index is 11.3. The maximum Gasteiger partial charge on any atom is 0.294 e. The Hall–Kier alpha value is -2.97. The van der Waals surface area contributed by atoms with Gasteiger partial charge in [-0.2, -0.15) is 8.42 Å². The summed E-state index contributed by atoms with van der Waals surface area (Å²) < 4.78 is 36.9. The molecule has 0 saturated carbocycles. The molecule has 0 aliphatic rings. The highest BCUT2D eigenvalue weighted by Gasteiger charge is 2.13. The fourth-order valence-corrected chi connectivity index (χ4v) is 3.25. The molecule has 8 heteroatoms. The second-order valence-corrected chi connectivity index (χ2v) is 7.47. The maximum absolute atomic E-state index is 11.3. The van der Waals surface area contributed by atoms with Crippen LogP contribution in [-0.2, 0) is 10.1 Å². The molecule has 3 rings (SSSR count). The molecule has 1 N–H and O–H groups in total. The Bertz CT molecular complexity index is 1130. The van der Waals surface area contributed by atoms with Crippen LogP contribution in [0.1, 0.15) is 0 Å². The Morgan fingerprint density at radius 2 is 1.56 bits per heavy atom. The van der Waals surface area contributed by atoms with Crippen LogP contribution in [0.25, 0.3) is 10.8 Å². The Labute approximate surface area is 157 Å². The lowest BCUT2D eigenvalue weighted by Gasteiger charge is -2.16. The molecule has 7 nitrogen and oxygen atoms in total. The summed E-state index contributed by atoms with van der Waals surface area (Å²) in [7, 11) is 1.03. The summed E-state index contributed by atoms with van der Waals surface area (Å²) in [6.07, 6.45) is 0. The summed E-state index contributed by atoms with van der Waals surface area (Å²) >= 11 is 0. The van der Waals surface area contributed by atoms with Gasteiger partial charge in [-0.1, -0.05) is 24.3 Å². The zero-order valence-electron chi connectivity index (χ0n) is 15.1. The summed E-state index contributed by atoms with van der Waals surface area (Å²) in [6.45, 7) is 0. The van der Waals surface area contributed by atoms with Gasteiger partial charge < -0.3 is 9.64 Å². The smallest absolute Gasteiger partial charge is 0.294 e. The molecule has 0 spiro atoms. The highest BCUT2D eigenvalue weighted by molar-refractivity contribution is 7.85. The first-order valence-electron chi connectivity index (χ1n) is 8.07. The van der Waals surface area contributed by atoms with Crippen molar-refractivity contribution in [3.63, 3.8) is 0 Å². The summed E-state index contributed by atoms with van der Waals surface area (Å²) in [4.78, 5) is 1.76. The van der Waals surface area contributed by atoms with E-state index in [1.165, 1.54) is 25.3 Å². The number of azo groups is 1. The van der Waals surface area contributed by atoms with Gasteiger partial charge in [0, 0.05) is 36.6 Å². The van der Waals surface area contributed by atoms with Gasteiger partial charge in [-0.15, -0.1) is 10.2 Å². The lowest BCUT2D eigenvalue weighted by atomic mass is 10.1. The summed E-state index contributed by atoms with van der Waals surface area (Å²) in [6, 6.07) is 15.6. The van der Waals surface area contributed by atoms with Crippen molar-refractivity contribution in [2.75, 3.05) is 26.1 Å². The number of benzene rings is 3. The minimum Gasteiger partial charge on any atom is -0.494 e. The number of hydrogen-bond acceptors (Lipinski definition) is 6. The van der Waals surface area contributed by atoms with Crippen LogP contribution < -0.4 is 9.64 Å². The van der Waals surface area contributed by atoms with Crippen molar-refractivity contribution in [3.8, 4) is 5.75 Å². The molecule has 0 atom stereocenters. The van der Waals surface area contributed by atoms with Crippen LogP contribution >= 0.6 is 0 Å². The molecule has 3 aromatic rings. The topological polar surface area (TPSA) is 91.6 Å². The predicted octanol–water partition coefficient (Wildman–Crippen LogP) is 4.58. The number of rotatable bonds is 5. The monoisotopic (exact) mass is 385 g/mol. The molecule has 0 amide bonds. The van der Waals surface area contributed by atoms with Crippen LogP contribution in [0.4, 0.5) is 17.1 Å². The van der Waals surface area contributed by atoms with Crippen molar-refractivity contribution in [3.05, 3.63) is 54.6 Å². The second kappa shape index (κ2) is 7.34. The SMILES string of the molecule is COc1cc(S(=O)(=O)O)ccc1N=Nc1ccc(N(C)C)c2ccccc12. The first-order valence-corrected chi connectivity index (χ1v) is 9.51. The molecule has 27 heavy (non-hydrogen) atoms. The third-order valence-electron chi connectivity index (χ3n) is 4.07. The van der Waals surface area contributed by atoms with Crippen LogP contribution in [-0.4, -0.2) is 34.2 Å². The number of ether oxygens (including phenoxy) is 1. The Balaban J connectivity index is 2.06. The highest BCUT2D eigenvalue weighted by Crippen LogP contribution is 2.36. The molecule has 0 radical (unpaired) electrons. The Morgan fingerprint density at radius 1 is 0.926 bits per heavy atom. The van der Waals surface area contributed by atoms with E-state index in [4.69, 9.17) is 9.29 Å². The average molecular weight is 385 g/mol. The lowest BCUT2D eigenvalue weighted by Crippen LogP contribution is -2.08. The molecule has 0 heterocycles. The molecular weight excluding hydrogens is 366 g/mol. The van der Waals surface area contributed by atoms with Gasteiger partial charge in [0.15, 0.2) is 0 Å². The molecular formula is C19H19N3O4S. The quantitative estimate of drug-likeness (QED) is 0.513. The Morgan fingerprint density at radius 3 is 2.19 bits per heavy atom. The van der Waals surface area contributed by atoms with Crippen molar-refractivity contribution >= 4 is 38.0 Å². The van der Waals surface area contributed by atoms with Gasteiger partial charge in [-0.25, -0.2) is 0 Å². The number of anilines is 1. The molecule has 140 valence electrons. The van der Waals surface area contributed by atoms with Crippen LogP contribution in [0, 0.1) is 0 Å². The first kappa shape index (κ1) is 18.8. The van der Waals surface area contributed by atoms with Gasteiger partial charge in [-0.05, 0) is 24.3 Å². The van der Waals surface area contributed by atoms with E-state index in [1.54, 1.807) is 0 Å². The van der Waals surface area contributed by atoms with Crippen molar-refractivity contribution < 1.29 is 17.7 Å². The number of methoxy groups -OCH3 is 1. The van der Waals surface area contributed by atoms with Gasteiger partial charge in [0.1, 0.15) is 11.4 Å². The van der Waals surface area contributed by atoms with Crippen LogP contribution in [0.3, 0.4) is 0 Å². The molecule has 0 aliphatic carbocycles. The van der Waals surface area contributed by atoms with Crippen LogP contribution in [0.15, 0.2) is 69.7 Å². The highest BCUT2D eigenvalue weighted by atomic mass is 32.2. The van der Waals surface area contributed by atoms with E-state index in [1.807, 2.05) is 55.4 Å². The van der Waals surface area contributed by atoms with Gasteiger partial charge >= 0.3 is 0 Å². The standard InChI is InChI=1S/C19H19N3O4S/c1-22(2)18-11-10-16(14-6-4-5-7-15(14)18)20-21-17-9-8-13(27(23,24)25)12-19(17)26-3/h4-12H,1-3H3,(H,23,24,25). The number of fused-ring (bicyclic) bond motifs is 1. The summed E-state index contributed by atoms with van der Waals surface area (Å²) in [5.41, 5.74) is 2.10. The number of hydrogen-bond donors (Lipinski definition) is 1. The van der Waals surface area contributed by atoms with Crippen molar-refractivity contribution in [2.24, 2.45) is 10.2 Å². The van der Waals surface area contributed by atoms with Crippen LogP contribution in [0.5, 0.6) is 5.75 Å². The van der Waals surface area contributed by atoms with E-state index in [9.17, 15) is 8.42 Å². The van der Waals surface area contributed by atoms with Gasteiger partial charge in [0.2, 0.25) is 0 Å². The van der Waals surface area contributed by atoms with E-state index < -0.39 is 10.1 Å². The first-order chi connectivity index (χ1) is 12.8. The molecule has 0 aromatic heterocycles.